The Bertz CT molecular complexity index is 917. The summed E-state index contributed by atoms with van der Waals surface area (Å²) in [5, 5.41) is 0. The van der Waals surface area contributed by atoms with Gasteiger partial charge in [0.05, 0.1) is 11.4 Å². The Hall–Kier alpha value is -2.33. The Morgan fingerprint density at radius 1 is 1.10 bits per heavy atom. The minimum absolute atomic E-state index is 0.115. The quantitative estimate of drug-likeness (QED) is 0.670. The van der Waals surface area contributed by atoms with Gasteiger partial charge in [0, 0.05) is 25.7 Å². The van der Waals surface area contributed by atoms with Gasteiger partial charge in [-0.05, 0) is 74.4 Å². The van der Waals surface area contributed by atoms with Gasteiger partial charge in [-0.3, -0.25) is 4.79 Å². The van der Waals surface area contributed by atoms with Gasteiger partial charge >= 0.3 is 0 Å². The fourth-order valence-corrected chi connectivity index (χ4v) is 4.89. The Balaban J connectivity index is 1.76. The predicted molar refractivity (Wildman–Crippen MR) is 124 cm³/mol. The van der Waals surface area contributed by atoms with Crippen molar-refractivity contribution in [3.05, 3.63) is 47.5 Å². The topological polar surface area (TPSA) is 32.8 Å². The third-order valence-corrected chi connectivity index (χ3v) is 6.57. The van der Waals surface area contributed by atoms with E-state index in [-0.39, 0.29) is 18.1 Å². The van der Waals surface area contributed by atoms with E-state index >= 15 is 0 Å². The van der Waals surface area contributed by atoms with Gasteiger partial charge in [0.15, 0.2) is 0 Å². The van der Waals surface area contributed by atoms with E-state index in [1.165, 1.54) is 22.3 Å². The first kappa shape index (κ1) is 20.9. The van der Waals surface area contributed by atoms with Crippen molar-refractivity contribution in [1.29, 1.82) is 0 Å². The summed E-state index contributed by atoms with van der Waals surface area (Å²) in [6, 6.07) is 13.6. The molecule has 2 atom stereocenters. The maximum Gasteiger partial charge on any atom is 0.256 e. The highest BCUT2D eigenvalue weighted by Crippen LogP contribution is 2.39. The molecule has 1 amide bonds. The highest BCUT2D eigenvalue weighted by atomic mass is 16.5. The second kappa shape index (κ2) is 8.81. The van der Waals surface area contributed by atoms with Crippen molar-refractivity contribution in [2.24, 2.45) is 0 Å². The average molecular weight is 407 g/mol. The molecule has 4 nitrogen and oxygen atoms in total. The third-order valence-electron chi connectivity index (χ3n) is 6.57. The average Bonchev–Trinajstić information content (AvgIpc) is 3.29. The van der Waals surface area contributed by atoms with Crippen LogP contribution in [0.4, 0.5) is 11.4 Å². The number of benzene rings is 2. The first-order chi connectivity index (χ1) is 14.5. The Kier molecular flexibility index (Phi) is 6.14. The molecule has 2 aromatic carbocycles. The lowest BCUT2D eigenvalue weighted by Gasteiger charge is -2.42. The van der Waals surface area contributed by atoms with E-state index in [1.807, 2.05) is 4.90 Å². The number of ether oxygens (including phenoxy) is 1. The number of carbonyl (C=O) groups is 1. The summed E-state index contributed by atoms with van der Waals surface area (Å²) in [6.07, 6.45) is 3.74. The van der Waals surface area contributed by atoms with Gasteiger partial charge in [0.1, 0.15) is 6.10 Å². The molecule has 2 heterocycles. The summed E-state index contributed by atoms with van der Waals surface area (Å²) in [5.74, 6) is 0.115. The van der Waals surface area contributed by atoms with Gasteiger partial charge < -0.3 is 14.5 Å². The lowest BCUT2D eigenvalue weighted by atomic mass is 9.95. The number of aryl methyl sites for hydroxylation is 2. The molecule has 2 aromatic rings. The molecule has 1 saturated heterocycles. The van der Waals surface area contributed by atoms with Crippen molar-refractivity contribution >= 4 is 17.3 Å². The molecule has 0 saturated carbocycles. The molecule has 0 N–H and O–H groups in total. The largest absolute Gasteiger partial charge is 0.368 e. The highest BCUT2D eigenvalue weighted by molar-refractivity contribution is 6.01. The van der Waals surface area contributed by atoms with Crippen LogP contribution in [0.15, 0.2) is 36.4 Å². The van der Waals surface area contributed by atoms with E-state index in [0.29, 0.717) is 13.2 Å². The van der Waals surface area contributed by atoms with Gasteiger partial charge in [-0.25, -0.2) is 0 Å². The van der Waals surface area contributed by atoms with Crippen molar-refractivity contribution in [3.63, 3.8) is 0 Å². The van der Waals surface area contributed by atoms with Gasteiger partial charge in [-0.2, -0.15) is 0 Å². The van der Waals surface area contributed by atoms with Gasteiger partial charge in [0.25, 0.3) is 5.91 Å². The lowest BCUT2D eigenvalue weighted by Crippen LogP contribution is -2.52. The van der Waals surface area contributed by atoms with E-state index in [2.05, 4.69) is 69.0 Å². The molecule has 2 aliphatic heterocycles. The normalized spacial score (nSPS) is 21.1. The first-order valence-electron chi connectivity index (χ1n) is 11.5. The van der Waals surface area contributed by atoms with Crippen LogP contribution < -0.4 is 9.80 Å². The van der Waals surface area contributed by atoms with Crippen molar-refractivity contribution in [3.8, 4) is 11.1 Å². The van der Waals surface area contributed by atoms with Crippen LogP contribution in [0.3, 0.4) is 0 Å². The molecule has 0 bridgehead atoms. The van der Waals surface area contributed by atoms with Crippen LogP contribution >= 0.6 is 0 Å². The zero-order valence-corrected chi connectivity index (χ0v) is 18.8. The summed E-state index contributed by atoms with van der Waals surface area (Å²) < 4.78 is 5.74. The van der Waals surface area contributed by atoms with Crippen molar-refractivity contribution in [2.45, 2.75) is 65.5 Å². The van der Waals surface area contributed by atoms with E-state index in [4.69, 9.17) is 4.74 Å². The van der Waals surface area contributed by atoms with Gasteiger partial charge in [-0.15, -0.1) is 0 Å². The van der Waals surface area contributed by atoms with E-state index in [1.54, 1.807) is 0 Å². The van der Waals surface area contributed by atoms with Gasteiger partial charge in [-0.1, -0.05) is 37.6 Å². The van der Waals surface area contributed by atoms with Gasteiger partial charge in [0.2, 0.25) is 0 Å². The number of rotatable bonds is 5. The fourth-order valence-electron chi connectivity index (χ4n) is 4.89. The molecule has 2 aliphatic rings. The van der Waals surface area contributed by atoms with Crippen LogP contribution in [-0.2, 0) is 16.0 Å². The van der Waals surface area contributed by atoms with Crippen LogP contribution in [0.1, 0.15) is 51.2 Å². The fraction of sp³-hybridized carbons (Fsp3) is 0.500. The summed E-state index contributed by atoms with van der Waals surface area (Å²) in [5.41, 5.74) is 7.31. The zero-order chi connectivity index (χ0) is 21.3. The first-order valence-corrected chi connectivity index (χ1v) is 11.5. The number of carbonyl (C=O) groups excluding carboxylic acids is 1. The van der Waals surface area contributed by atoms with Crippen LogP contribution in [0.25, 0.3) is 11.1 Å². The maximum absolute atomic E-state index is 13.3. The number of likely N-dealkylation sites (N-methyl/N-ethyl adjacent to an activating group) is 1. The van der Waals surface area contributed by atoms with Crippen LogP contribution in [-0.4, -0.2) is 37.7 Å². The smallest absolute Gasteiger partial charge is 0.256 e. The van der Waals surface area contributed by atoms with Crippen molar-refractivity contribution in [2.75, 3.05) is 29.5 Å². The summed E-state index contributed by atoms with van der Waals surface area (Å²) in [4.78, 5) is 17.7. The molecule has 1 fully saturated rings. The second-order valence-corrected chi connectivity index (χ2v) is 8.68. The number of hydrogen-bond donors (Lipinski definition) is 0. The molecule has 0 radical (unpaired) electrons. The molecule has 0 spiro atoms. The van der Waals surface area contributed by atoms with Crippen LogP contribution in [0, 0.1) is 6.92 Å². The second-order valence-electron chi connectivity index (χ2n) is 8.68. The van der Waals surface area contributed by atoms with E-state index < -0.39 is 0 Å². The SMILES string of the molecule is CCCc1cc(-c2ccc3c(c2)N(C(=O)C2CCCO2)C[C@H](C)N3CC)ccc1C. The Morgan fingerprint density at radius 3 is 2.57 bits per heavy atom. The standard InChI is InChI=1S/C26H34N2O2/c1-5-8-20-15-21(11-10-18(20)3)22-12-13-23-24(16-22)28(17-19(4)27(23)6-2)26(29)25-9-7-14-30-25/h10-13,15-16,19,25H,5-9,14,17H2,1-4H3/t19-,25?/m0/s1. The van der Waals surface area contributed by atoms with Crippen molar-refractivity contribution < 1.29 is 9.53 Å². The predicted octanol–water partition coefficient (Wildman–Crippen LogP) is 5.35. The Labute approximate surface area is 180 Å². The number of anilines is 2. The number of hydrogen-bond acceptors (Lipinski definition) is 3. The molecule has 1 unspecified atom stereocenters. The highest BCUT2D eigenvalue weighted by Gasteiger charge is 2.35. The lowest BCUT2D eigenvalue weighted by molar-refractivity contribution is -0.127. The molecule has 0 aromatic heterocycles. The van der Waals surface area contributed by atoms with Crippen LogP contribution in [0.5, 0.6) is 0 Å². The van der Waals surface area contributed by atoms with E-state index in [0.717, 1.165) is 43.6 Å². The minimum Gasteiger partial charge on any atom is -0.368 e. The molecule has 4 heteroatoms. The molecular formula is C26H34N2O2. The molecule has 30 heavy (non-hydrogen) atoms. The zero-order valence-electron chi connectivity index (χ0n) is 18.8. The molecular weight excluding hydrogens is 372 g/mol. The van der Waals surface area contributed by atoms with E-state index in [9.17, 15) is 4.79 Å². The molecule has 0 aliphatic carbocycles. The number of amides is 1. The number of nitrogens with zero attached hydrogens (tertiary/aromatic N) is 2. The summed E-state index contributed by atoms with van der Waals surface area (Å²) >= 11 is 0. The maximum atomic E-state index is 13.3. The number of fused-ring (bicyclic) bond motifs is 1. The Morgan fingerprint density at radius 2 is 1.87 bits per heavy atom. The monoisotopic (exact) mass is 406 g/mol. The van der Waals surface area contributed by atoms with Crippen molar-refractivity contribution in [1.82, 2.24) is 0 Å². The summed E-state index contributed by atoms with van der Waals surface area (Å²) in [7, 11) is 0. The summed E-state index contributed by atoms with van der Waals surface area (Å²) in [6.45, 7) is 11.1. The minimum atomic E-state index is -0.294. The molecule has 160 valence electrons. The molecule has 4 rings (SSSR count). The third kappa shape index (κ3) is 3.85. The van der Waals surface area contributed by atoms with Crippen LogP contribution in [0.2, 0.25) is 0 Å².